The number of hydrogen-bond acceptors (Lipinski definition) is 0. The van der Waals surface area contributed by atoms with Gasteiger partial charge in [-0.25, -0.2) is 5.11 Å². The summed E-state index contributed by atoms with van der Waals surface area (Å²) in [7, 11) is 0. The van der Waals surface area contributed by atoms with Crippen molar-refractivity contribution in [2.75, 3.05) is 11.8 Å². The van der Waals surface area contributed by atoms with Crippen LogP contribution in [-0.2, 0) is 5.11 Å². The van der Waals surface area contributed by atoms with Gasteiger partial charge in [0.05, 0.1) is 11.8 Å². The van der Waals surface area contributed by atoms with E-state index in [1.54, 1.807) is 0 Å². The van der Waals surface area contributed by atoms with Crippen molar-refractivity contribution in [2.24, 2.45) is 0 Å². The Kier molecular flexibility index (Phi) is 4.06. The van der Waals surface area contributed by atoms with Crippen LogP contribution in [0.3, 0.4) is 0 Å². The van der Waals surface area contributed by atoms with Crippen molar-refractivity contribution in [2.45, 2.75) is 6.10 Å². The first-order chi connectivity index (χ1) is 2.81. The quantitative estimate of drug-likeness (QED) is 0.499. The summed E-state index contributed by atoms with van der Waals surface area (Å²) in [6, 6.07) is 0. The van der Waals surface area contributed by atoms with E-state index < -0.39 is 6.10 Å². The first kappa shape index (κ1) is 6.54. The van der Waals surface area contributed by atoms with E-state index in [4.69, 9.17) is 23.2 Å². The molecule has 0 aromatic carbocycles. The van der Waals surface area contributed by atoms with Crippen LogP contribution >= 0.6 is 23.2 Å². The molecule has 0 saturated carbocycles. The molecular formula is C3H5Cl2O. The standard InChI is InChI=1S/C3H5Cl2O/c4-1-3(6)2-5/h3H,1-2H2. The van der Waals surface area contributed by atoms with Gasteiger partial charge in [0.2, 0.25) is 0 Å². The molecule has 37 valence electrons. The van der Waals surface area contributed by atoms with Gasteiger partial charge in [0.15, 0.2) is 0 Å². The zero-order valence-electron chi connectivity index (χ0n) is 3.16. The highest BCUT2D eigenvalue weighted by Crippen LogP contribution is 1.89. The van der Waals surface area contributed by atoms with E-state index in [2.05, 4.69) is 0 Å². The predicted molar refractivity (Wildman–Crippen MR) is 25.9 cm³/mol. The minimum absolute atomic E-state index is 0.115. The minimum atomic E-state index is -0.784. The van der Waals surface area contributed by atoms with Crippen molar-refractivity contribution in [1.29, 1.82) is 0 Å². The van der Waals surface area contributed by atoms with Gasteiger partial charge in [-0.3, -0.25) is 0 Å². The first-order valence-electron chi connectivity index (χ1n) is 1.59. The summed E-state index contributed by atoms with van der Waals surface area (Å²) >= 11 is 10.1. The number of halogens is 2. The summed E-state index contributed by atoms with van der Waals surface area (Å²) in [4.78, 5) is 0. The summed E-state index contributed by atoms with van der Waals surface area (Å²) in [5.74, 6) is 0.229. The molecule has 0 fully saturated rings. The van der Waals surface area contributed by atoms with Crippen LogP contribution in [0, 0.1) is 0 Å². The average Bonchev–Trinajstić information content (AvgIpc) is 1.65. The lowest BCUT2D eigenvalue weighted by Gasteiger charge is -1.91. The summed E-state index contributed by atoms with van der Waals surface area (Å²) in [6.07, 6.45) is -0.784. The topological polar surface area (TPSA) is 19.9 Å². The lowest BCUT2D eigenvalue weighted by atomic mass is 10.5. The van der Waals surface area contributed by atoms with Crippen LogP contribution in [0.15, 0.2) is 0 Å². The van der Waals surface area contributed by atoms with Gasteiger partial charge < -0.3 is 0 Å². The monoisotopic (exact) mass is 127 g/mol. The van der Waals surface area contributed by atoms with Crippen molar-refractivity contribution < 1.29 is 5.11 Å². The van der Waals surface area contributed by atoms with Gasteiger partial charge in [-0.2, -0.15) is 0 Å². The van der Waals surface area contributed by atoms with Crippen molar-refractivity contribution in [3.63, 3.8) is 0 Å². The van der Waals surface area contributed by atoms with Gasteiger partial charge in [-0.05, 0) is 0 Å². The van der Waals surface area contributed by atoms with Crippen LogP contribution in [0.2, 0.25) is 0 Å². The van der Waals surface area contributed by atoms with E-state index >= 15 is 0 Å². The summed E-state index contributed by atoms with van der Waals surface area (Å²) < 4.78 is 0. The van der Waals surface area contributed by atoms with Gasteiger partial charge in [-0.15, -0.1) is 23.2 Å². The Balaban J connectivity index is 2.75. The van der Waals surface area contributed by atoms with Crippen LogP contribution in [-0.4, -0.2) is 17.9 Å². The SMILES string of the molecule is [O]C(CCl)CCl. The van der Waals surface area contributed by atoms with E-state index in [9.17, 15) is 5.11 Å². The molecule has 0 aliphatic heterocycles. The molecule has 0 aliphatic carbocycles. The van der Waals surface area contributed by atoms with E-state index in [1.165, 1.54) is 0 Å². The maximum Gasteiger partial charge on any atom is 0.120 e. The zero-order valence-corrected chi connectivity index (χ0v) is 4.67. The molecule has 1 nitrogen and oxygen atoms in total. The Hall–Kier alpha value is 0.540. The third-order valence-electron chi connectivity index (χ3n) is 0.344. The van der Waals surface area contributed by atoms with Crippen LogP contribution in [0.25, 0.3) is 0 Å². The summed E-state index contributed by atoms with van der Waals surface area (Å²) in [5, 5.41) is 10.0. The molecule has 0 bridgehead atoms. The van der Waals surface area contributed by atoms with E-state index in [0.717, 1.165) is 0 Å². The molecule has 0 aliphatic rings. The van der Waals surface area contributed by atoms with Crippen LogP contribution in [0.1, 0.15) is 0 Å². The molecule has 1 radical (unpaired) electrons. The second-order valence-electron chi connectivity index (χ2n) is 0.931. The molecule has 3 heteroatoms. The molecular weight excluding hydrogens is 123 g/mol. The Morgan fingerprint density at radius 2 is 1.67 bits per heavy atom. The highest BCUT2D eigenvalue weighted by atomic mass is 35.5. The smallest absolute Gasteiger partial charge is 0.120 e. The molecule has 0 amide bonds. The maximum absolute atomic E-state index is 10.0. The third-order valence-corrected chi connectivity index (χ3v) is 1.03. The number of alkyl halides is 2. The van der Waals surface area contributed by atoms with Gasteiger partial charge >= 0.3 is 0 Å². The second kappa shape index (κ2) is 3.72. The van der Waals surface area contributed by atoms with Gasteiger partial charge in [0, 0.05) is 0 Å². The van der Waals surface area contributed by atoms with E-state index in [1.807, 2.05) is 0 Å². The van der Waals surface area contributed by atoms with Crippen LogP contribution < -0.4 is 0 Å². The first-order valence-corrected chi connectivity index (χ1v) is 2.66. The van der Waals surface area contributed by atoms with Crippen molar-refractivity contribution in [3.05, 3.63) is 0 Å². The van der Waals surface area contributed by atoms with Gasteiger partial charge in [0.1, 0.15) is 6.10 Å². The normalized spacial score (nSPS) is 10.0. The number of hydrogen-bond donors (Lipinski definition) is 0. The molecule has 0 aromatic heterocycles. The lowest BCUT2D eigenvalue weighted by Crippen LogP contribution is -2.06. The Morgan fingerprint density at radius 3 is 1.67 bits per heavy atom. The molecule has 0 N–H and O–H groups in total. The van der Waals surface area contributed by atoms with Crippen molar-refractivity contribution >= 4 is 23.2 Å². The minimum Gasteiger partial charge on any atom is -0.230 e. The number of rotatable bonds is 2. The van der Waals surface area contributed by atoms with Crippen molar-refractivity contribution in [3.8, 4) is 0 Å². The largest absolute Gasteiger partial charge is 0.230 e. The van der Waals surface area contributed by atoms with E-state index in [-0.39, 0.29) is 11.8 Å². The molecule has 0 atom stereocenters. The average molecular weight is 128 g/mol. The Bertz CT molecular complexity index is 28.0. The fourth-order valence-electron chi connectivity index (χ4n) is 0.0412. The molecule has 0 saturated heterocycles. The predicted octanol–water partition coefficient (Wildman–Crippen LogP) is 1.26. The zero-order chi connectivity index (χ0) is 4.99. The highest BCUT2D eigenvalue weighted by Gasteiger charge is 1.97. The second-order valence-corrected chi connectivity index (χ2v) is 1.55. The molecule has 0 heterocycles. The van der Waals surface area contributed by atoms with Crippen molar-refractivity contribution in [1.82, 2.24) is 0 Å². The van der Waals surface area contributed by atoms with Gasteiger partial charge in [0.25, 0.3) is 0 Å². The van der Waals surface area contributed by atoms with Gasteiger partial charge in [-0.1, -0.05) is 0 Å². The molecule has 0 aromatic rings. The summed E-state index contributed by atoms with van der Waals surface area (Å²) in [6.45, 7) is 0. The van der Waals surface area contributed by atoms with Crippen LogP contribution in [0.4, 0.5) is 0 Å². The summed E-state index contributed by atoms with van der Waals surface area (Å²) in [5.41, 5.74) is 0. The third kappa shape index (κ3) is 2.76. The van der Waals surface area contributed by atoms with E-state index in [0.29, 0.717) is 0 Å². The Labute approximate surface area is 46.9 Å². The fraction of sp³-hybridized carbons (Fsp3) is 1.00. The molecule has 0 spiro atoms. The highest BCUT2D eigenvalue weighted by molar-refractivity contribution is 6.21. The molecule has 6 heavy (non-hydrogen) atoms. The fourth-order valence-corrected chi connectivity index (χ4v) is 0.371. The Morgan fingerprint density at radius 1 is 1.33 bits per heavy atom. The maximum atomic E-state index is 10.0. The lowest BCUT2D eigenvalue weighted by molar-refractivity contribution is 0.128. The van der Waals surface area contributed by atoms with Crippen LogP contribution in [0.5, 0.6) is 0 Å². The molecule has 0 rings (SSSR count). The molecule has 0 unspecified atom stereocenters.